The Balaban J connectivity index is 2.54. The van der Waals surface area contributed by atoms with E-state index in [1.54, 1.807) is 20.3 Å². The predicted octanol–water partition coefficient (Wildman–Crippen LogP) is 1.58. The van der Waals surface area contributed by atoms with E-state index in [9.17, 15) is 13.2 Å². The van der Waals surface area contributed by atoms with E-state index in [-0.39, 0.29) is 6.54 Å². The molecule has 1 N–H and O–H groups in total. The maximum atomic E-state index is 12.0. The van der Waals surface area contributed by atoms with E-state index in [2.05, 4.69) is 15.3 Å². The molecule has 0 saturated carbocycles. The summed E-state index contributed by atoms with van der Waals surface area (Å²) in [6.07, 6.45) is -1.98. The van der Waals surface area contributed by atoms with E-state index in [0.29, 0.717) is 12.4 Å². The smallest absolute Gasteiger partial charge is 0.358 e. The van der Waals surface area contributed by atoms with Crippen molar-refractivity contribution in [1.29, 1.82) is 0 Å². The lowest BCUT2D eigenvalue weighted by atomic mass is 10.4. The first-order chi connectivity index (χ1) is 7.92. The molecule has 0 atom stereocenters. The van der Waals surface area contributed by atoms with Crippen LogP contribution in [-0.4, -0.2) is 36.8 Å². The van der Waals surface area contributed by atoms with Crippen LogP contribution >= 0.6 is 0 Å². The van der Waals surface area contributed by atoms with Gasteiger partial charge in [-0.15, -0.1) is 0 Å². The lowest BCUT2D eigenvalue weighted by molar-refractivity contribution is -0.132. The van der Waals surface area contributed by atoms with E-state index in [1.165, 1.54) is 11.1 Å². The van der Waals surface area contributed by atoms with Crippen LogP contribution in [0.5, 0.6) is 0 Å². The first-order valence-corrected chi connectivity index (χ1v) is 5.16. The lowest BCUT2D eigenvalue weighted by Crippen LogP contribution is -2.25. The maximum absolute atomic E-state index is 12.0. The third-order valence-corrected chi connectivity index (χ3v) is 2.17. The van der Waals surface area contributed by atoms with Crippen LogP contribution in [-0.2, 0) is 6.54 Å². The highest BCUT2D eigenvalue weighted by atomic mass is 19.4. The number of halogens is 3. The topological polar surface area (TPSA) is 41.1 Å². The summed E-state index contributed by atoms with van der Waals surface area (Å²) < 4.78 is 36.1. The number of hydrogen-bond donors (Lipinski definition) is 1. The minimum absolute atomic E-state index is 0.121. The average molecular weight is 248 g/mol. The van der Waals surface area contributed by atoms with Gasteiger partial charge in [0, 0.05) is 20.1 Å². The maximum Gasteiger partial charge on any atom is 0.390 e. The van der Waals surface area contributed by atoms with E-state index < -0.39 is 12.6 Å². The van der Waals surface area contributed by atoms with Gasteiger partial charge in [0.2, 0.25) is 0 Å². The van der Waals surface area contributed by atoms with Crippen LogP contribution in [0.1, 0.15) is 12.1 Å². The molecule has 96 valence electrons. The van der Waals surface area contributed by atoms with E-state index in [1.807, 2.05) is 0 Å². The van der Waals surface area contributed by atoms with Crippen molar-refractivity contribution in [3.05, 3.63) is 18.1 Å². The summed E-state index contributed by atoms with van der Waals surface area (Å²) in [5, 5.41) is 2.91. The summed E-state index contributed by atoms with van der Waals surface area (Å²) >= 11 is 0. The SMILES string of the molecule is CNCc1cnc(N(C)CCC(F)(F)F)cn1. The number of aromatic nitrogens is 2. The van der Waals surface area contributed by atoms with Crippen LogP contribution < -0.4 is 10.2 Å². The Morgan fingerprint density at radius 2 is 2.00 bits per heavy atom. The summed E-state index contributed by atoms with van der Waals surface area (Å²) in [5.74, 6) is 0.439. The molecule has 1 aromatic rings. The minimum atomic E-state index is -4.15. The van der Waals surface area contributed by atoms with Crippen LogP contribution in [0.2, 0.25) is 0 Å². The minimum Gasteiger partial charge on any atom is -0.358 e. The molecule has 0 aliphatic heterocycles. The van der Waals surface area contributed by atoms with Gasteiger partial charge in [-0.3, -0.25) is 4.98 Å². The van der Waals surface area contributed by atoms with Gasteiger partial charge in [-0.2, -0.15) is 13.2 Å². The monoisotopic (exact) mass is 248 g/mol. The standard InChI is InChI=1S/C10H15F3N4/c1-14-5-8-6-16-9(7-15-8)17(2)4-3-10(11,12)13/h6-7,14H,3-5H2,1-2H3. The molecule has 0 bridgehead atoms. The second kappa shape index (κ2) is 5.81. The Morgan fingerprint density at radius 3 is 2.47 bits per heavy atom. The van der Waals surface area contributed by atoms with E-state index >= 15 is 0 Å². The zero-order chi connectivity index (χ0) is 12.9. The molecule has 0 amide bonds. The molecule has 1 rings (SSSR count). The van der Waals surface area contributed by atoms with Crippen LogP contribution in [0.15, 0.2) is 12.4 Å². The first-order valence-electron chi connectivity index (χ1n) is 5.16. The van der Waals surface area contributed by atoms with Crippen molar-refractivity contribution >= 4 is 5.82 Å². The van der Waals surface area contributed by atoms with Gasteiger partial charge in [-0.05, 0) is 7.05 Å². The molecule has 0 spiro atoms. The molecule has 1 aromatic heterocycles. The summed E-state index contributed by atoms with van der Waals surface area (Å²) in [6.45, 7) is 0.461. The van der Waals surface area contributed by atoms with Gasteiger partial charge in [0.25, 0.3) is 0 Å². The first kappa shape index (κ1) is 13.7. The molecule has 0 aliphatic rings. The summed E-state index contributed by atoms with van der Waals surface area (Å²) in [7, 11) is 3.35. The quantitative estimate of drug-likeness (QED) is 0.859. The highest BCUT2D eigenvalue weighted by Crippen LogP contribution is 2.20. The fraction of sp³-hybridized carbons (Fsp3) is 0.600. The van der Waals surface area contributed by atoms with Crippen molar-refractivity contribution in [2.45, 2.75) is 19.1 Å². The second-order valence-electron chi connectivity index (χ2n) is 3.68. The second-order valence-corrected chi connectivity index (χ2v) is 3.68. The van der Waals surface area contributed by atoms with E-state index in [4.69, 9.17) is 0 Å². The largest absolute Gasteiger partial charge is 0.390 e. The van der Waals surface area contributed by atoms with Gasteiger partial charge in [0.05, 0.1) is 24.5 Å². The highest BCUT2D eigenvalue weighted by Gasteiger charge is 2.27. The molecule has 0 aromatic carbocycles. The Labute approximate surface area is 97.9 Å². The summed E-state index contributed by atoms with van der Waals surface area (Å²) in [4.78, 5) is 9.57. The van der Waals surface area contributed by atoms with Gasteiger partial charge in [-0.25, -0.2) is 4.98 Å². The number of nitrogens with one attached hydrogen (secondary N) is 1. The zero-order valence-corrected chi connectivity index (χ0v) is 9.75. The molecule has 0 aliphatic carbocycles. The Kier molecular flexibility index (Phi) is 4.68. The van der Waals surface area contributed by atoms with Crippen LogP contribution in [0.4, 0.5) is 19.0 Å². The number of rotatable bonds is 5. The van der Waals surface area contributed by atoms with Gasteiger partial charge in [0.15, 0.2) is 0 Å². The fourth-order valence-electron chi connectivity index (χ4n) is 1.23. The lowest BCUT2D eigenvalue weighted by Gasteiger charge is -2.18. The summed E-state index contributed by atoms with van der Waals surface area (Å²) in [6, 6.07) is 0. The fourth-order valence-corrected chi connectivity index (χ4v) is 1.23. The Morgan fingerprint density at radius 1 is 1.29 bits per heavy atom. The molecular weight excluding hydrogens is 233 g/mol. The highest BCUT2D eigenvalue weighted by molar-refractivity contribution is 5.34. The molecule has 4 nitrogen and oxygen atoms in total. The Bertz CT molecular complexity index is 336. The molecular formula is C10H15F3N4. The van der Waals surface area contributed by atoms with E-state index in [0.717, 1.165) is 5.69 Å². The molecule has 0 fully saturated rings. The zero-order valence-electron chi connectivity index (χ0n) is 9.75. The predicted molar refractivity (Wildman–Crippen MR) is 58.7 cm³/mol. The number of anilines is 1. The molecule has 0 radical (unpaired) electrons. The van der Waals surface area contributed by atoms with Crippen molar-refractivity contribution in [2.24, 2.45) is 0 Å². The van der Waals surface area contributed by atoms with Crippen LogP contribution in [0.3, 0.4) is 0 Å². The molecule has 7 heteroatoms. The number of nitrogens with zero attached hydrogens (tertiary/aromatic N) is 3. The molecule has 1 heterocycles. The van der Waals surface area contributed by atoms with Crippen LogP contribution in [0, 0.1) is 0 Å². The normalized spacial score (nSPS) is 11.6. The molecule has 0 saturated heterocycles. The van der Waals surface area contributed by atoms with Gasteiger partial charge in [0.1, 0.15) is 5.82 Å². The Hall–Kier alpha value is -1.37. The van der Waals surface area contributed by atoms with Crippen molar-refractivity contribution < 1.29 is 13.2 Å². The third kappa shape index (κ3) is 4.99. The van der Waals surface area contributed by atoms with Gasteiger partial charge >= 0.3 is 6.18 Å². The van der Waals surface area contributed by atoms with Gasteiger partial charge in [-0.1, -0.05) is 0 Å². The molecule has 17 heavy (non-hydrogen) atoms. The van der Waals surface area contributed by atoms with Crippen LogP contribution in [0.25, 0.3) is 0 Å². The van der Waals surface area contributed by atoms with Crippen molar-refractivity contribution in [3.63, 3.8) is 0 Å². The van der Waals surface area contributed by atoms with Crippen molar-refractivity contribution in [1.82, 2.24) is 15.3 Å². The van der Waals surface area contributed by atoms with Crippen molar-refractivity contribution in [2.75, 3.05) is 25.5 Å². The van der Waals surface area contributed by atoms with Crippen molar-refractivity contribution in [3.8, 4) is 0 Å². The third-order valence-electron chi connectivity index (χ3n) is 2.17. The average Bonchev–Trinajstić information content (AvgIpc) is 2.26. The number of hydrogen-bond acceptors (Lipinski definition) is 4. The molecule has 0 unspecified atom stereocenters. The van der Waals surface area contributed by atoms with Gasteiger partial charge < -0.3 is 10.2 Å². The summed E-state index contributed by atoms with van der Waals surface area (Å²) in [5.41, 5.74) is 0.750. The number of alkyl halides is 3.